The molecule has 19 heavy (non-hydrogen) atoms. The molecule has 0 heterocycles. The summed E-state index contributed by atoms with van der Waals surface area (Å²) in [5, 5.41) is 0.534. The molecule has 5 nitrogen and oxygen atoms in total. The van der Waals surface area contributed by atoms with Gasteiger partial charge in [-0.15, -0.1) is 0 Å². The number of rotatable bonds is 7. The Bertz CT molecular complexity index is 504. The van der Waals surface area contributed by atoms with E-state index in [9.17, 15) is 9.13 Å². The van der Waals surface area contributed by atoms with Crippen LogP contribution in [-0.2, 0) is 22.7 Å². The largest absolute Gasteiger partial charge is 0.353 e. The van der Waals surface area contributed by atoms with Gasteiger partial charge in [-0.3, -0.25) is 9.13 Å². The van der Waals surface area contributed by atoms with Crippen molar-refractivity contribution < 1.29 is 22.7 Å². The monoisotopic (exact) mass is 304 g/mol. The molecular weight excluding hydrogens is 286 g/mol. The summed E-state index contributed by atoms with van der Waals surface area (Å²) in [4.78, 5) is 0. The van der Waals surface area contributed by atoms with Gasteiger partial charge >= 0.3 is 7.60 Å². The molecule has 1 atom stereocenters. The Kier molecular flexibility index (Phi) is 6.18. The molecule has 0 spiro atoms. The van der Waals surface area contributed by atoms with E-state index in [4.69, 9.17) is 13.6 Å². The molecule has 1 unspecified atom stereocenters. The maximum atomic E-state index is 12.8. The van der Waals surface area contributed by atoms with Crippen molar-refractivity contribution in [3.8, 4) is 0 Å². The Morgan fingerprint density at radius 1 is 1.05 bits per heavy atom. The summed E-state index contributed by atoms with van der Waals surface area (Å²) in [6.07, 6.45) is 0. The van der Waals surface area contributed by atoms with Gasteiger partial charge in [-0.05, 0) is 19.1 Å². The highest BCUT2D eigenvalue weighted by molar-refractivity contribution is 7.71. The summed E-state index contributed by atoms with van der Waals surface area (Å²) >= 11 is 0. The first-order chi connectivity index (χ1) is 8.99. The van der Waals surface area contributed by atoms with Crippen molar-refractivity contribution >= 4 is 20.3 Å². The maximum absolute atomic E-state index is 12.8. The van der Waals surface area contributed by atoms with Crippen LogP contribution in [0.2, 0.25) is 0 Å². The first-order valence-electron chi connectivity index (χ1n) is 5.71. The van der Waals surface area contributed by atoms with Crippen LogP contribution in [0.1, 0.15) is 6.92 Å². The smallest absolute Gasteiger partial charge is 0.323 e. The van der Waals surface area contributed by atoms with Crippen LogP contribution in [0.4, 0.5) is 0 Å². The van der Waals surface area contributed by atoms with E-state index in [1.54, 1.807) is 31.2 Å². The van der Waals surface area contributed by atoms with E-state index in [0.717, 1.165) is 0 Å². The van der Waals surface area contributed by atoms with Crippen molar-refractivity contribution in [2.45, 2.75) is 6.92 Å². The van der Waals surface area contributed by atoms with Crippen molar-refractivity contribution in [2.75, 3.05) is 20.8 Å². The molecule has 106 valence electrons. The van der Waals surface area contributed by atoms with Crippen molar-refractivity contribution in [3.63, 3.8) is 0 Å². The Morgan fingerprint density at radius 3 is 2.11 bits per heavy atom. The molecule has 1 aromatic rings. The van der Waals surface area contributed by atoms with Crippen LogP contribution in [0.15, 0.2) is 42.0 Å². The average Bonchev–Trinajstić information content (AvgIpc) is 2.46. The van der Waals surface area contributed by atoms with Crippen LogP contribution in [0.25, 0.3) is 0 Å². The van der Waals surface area contributed by atoms with E-state index >= 15 is 0 Å². The normalized spacial score (nSPS) is 15.5. The van der Waals surface area contributed by atoms with Crippen LogP contribution in [0.5, 0.6) is 0 Å². The third-order valence-electron chi connectivity index (χ3n) is 2.39. The minimum absolute atomic E-state index is 0.279. The van der Waals surface area contributed by atoms with E-state index < -0.39 is 15.0 Å². The number of benzene rings is 1. The fourth-order valence-electron chi connectivity index (χ4n) is 1.40. The highest BCUT2D eigenvalue weighted by Crippen LogP contribution is 2.54. The maximum Gasteiger partial charge on any atom is 0.353 e. The predicted octanol–water partition coefficient (Wildman–Crippen LogP) is 3.58. The van der Waals surface area contributed by atoms with Gasteiger partial charge in [-0.2, -0.15) is 0 Å². The second-order valence-electron chi connectivity index (χ2n) is 3.55. The van der Waals surface area contributed by atoms with Gasteiger partial charge < -0.3 is 13.6 Å². The molecule has 0 bridgehead atoms. The lowest BCUT2D eigenvalue weighted by atomic mass is 10.4. The van der Waals surface area contributed by atoms with Gasteiger partial charge in [0.15, 0.2) is 0 Å². The summed E-state index contributed by atoms with van der Waals surface area (Å²) in [6.45, 7) is 2.02. The summed E-state index contributed by atoms with van der Waals surface area (Å²) < 4.78 is 39.5. The molecule has 0 N–H and O–H groups in total. The van der Waals surface area contributed by atoms with E-state index in [1.165, 1.54) is 25.9 Å². The summed E-state index contributed by atoms with van der Waals surface area (Å²) in [5.41, 5.74) is 0. The molecule has 0 fully saturated rings. The SMILES string of the molecule is CCOP(=O)(/C=C/P(=O)(OC)OC)c1ccccc1. The first kappa shape index (κ1) is 16.4. The van der Waals surface area contributed by atoms with Gasteiger partial charge in [-0.1, -0.05) is 18.2 Å². The molecule has 0 aromatic heterocycles. The summed E-state index contributed by atoms with van der Waals surface area (Å²) in [6, 6.07) is 8.75. The fourth-order valence-corrected chi connectivity index (χ4v) is 4.52. The van der Waals surface area contributed by atoms with E-state index in [-0.39, 0.29) is 6.61 Å². The highest BCUT2D eigenvalue weighted by atomic mass is 31.2. The zero-order chi connectivity index (χ0) is 14.4. The lowest BCUT2D eigenvalue weighted by molar-refractivity contribution is 0.286. The zero-order valence-electron chi connectivity index (χ0n) is 11.2. The summed E-state index contributed by atoms with van der Waals surface area (Å²) in [5.74, 6) is 2.45. The quantitative estimate of drug-likeness (QED) is 0.720. The van der Waals surface area contributed by atoms with Gasteiger partial charge in [0.25, 0.3) is 7.37 Å². The highest BCUT2D eigenvalue weighted by Gasteiger charge is 2.25. The van der Waals surface area contributed by atoms with Crippen molar-refractivity contribution in [2.24, 2.45) is 0 Å². The summed E-state index contributed by atoms with van der Waals surface area (Å²) in [7, 11) is -4.03. The average molecular weight is 304 g/mol. The molecule has 0 aliphatic carbocycles. The van der Waals surface area contributed by atoms with Crippen LogP contribution < -0.4 is 5.30 Å². The molecule has 0 radical (unpaired) electrons. The predicted molar refractivity (Wildman–Crippen MR) is 76.1 cm³/mol. The standard InChI is InChI=1S/C12H18O5P2/c1-4-17-18(13,12-8-6-5-7-9-12)10-11-19(14,15-2)16-3/h5-11H,4H2,1-3H3/b11-10+. The van der Waals surface area contributed by atoms with Crippen LogP contribution in [0, 0.1) is 0 Å². The van der Waals surface area contributed by atoms with Crippen LogP contribution >= 0.6 is 15.0 Å². The molecule has 1 rings (SSSR count). The van der Waals surface area contributed by atoms with Gasteiger partial charge in [0.05, 0.1) is 6.61 Å². The molecule has 0 saturated heterocycles. The second kappa shape index (κ2) is 7.18. The molecule has 0 aliphatic rings. The molecule has 7 heteroatoms. The first-order valence-corrected chi connectivity index (χ1v) is 9.01. The molecule has 0 amide bonds. The van der Waals surface area contributed by atoms with Crippen LogP contribution in [0.3, 0.4) is 0 Å². The number of hydrogen-bond donors (Lipinski definition) is 0. The minimum Gasteiger partial charge on any atom is -0.323 e. The van der Waals surface area contributed by atoms with E-state index in [1.807, 2.05) is 6.07 Å². The molecule has 0 aliphatic heterocycles. The topological polar surface area (TPSA) is 61.8 Å². The van der Waals surface area contributed by atoms with Gasteiger partial charge in [-0.25, -0.2) is 0 Å². The molecule has 0 saturated carbocycles. The van der Waals surface area contributed by atoms with Gasteiger partial charge in [0, 0.05) is 31.2 Å². The third-order valence-corrected chi connectivity index (χ3v) is 6.36. The molecule has 1 aromatic carbocycles. The lowest BCUT2D eigenvalue weighted by Crippen LogP contribution is -2.05. The fraction of sp³-hybridized carbons (Fsp3) is 0.333. The van der Waals surface area contributed by atoms with Crippen molar-refractivity contribution in [1.29, 1.82) is 0 Å². The second-order valence-corrected chi connectivity index (χ2v) is 7.93. The lowest BCUT2D eigenvalue weighted by Gasteiger charge is -2.15. The Balaban J connectivity index is 3.12. The zero-order valence-corrected chi connectivity index (χ0v) is 13.0. The Hall–Kier alpha value is -0.700. The Labute approximate surface area is 113 Å². The van der Waals surface area contributed by atoms with Crippen molar-refractivity contribution in [1.82, 2.24) is 0 Å². The molecular formula is C12H18O5P2. The van der Waals surface area contributed by atoms with Crippen LogP contribution in [-0.4, -0.2) is 20.8 Å². The van der Waals surface area contributed by atoms with E-state index in [2.05, 4.69) is 0 Å². The van der Waals surface area contributed by atoms with Gasteiger partial charge in [0.2, 0.25) is 0 Å². The number of hydrogen-bond acceptors (Lipinski definition) is 5. The third kappa shape index (κ3) is 4.41. The minimum atomic E-state index is -3.35. The van der Waals surface area contributed by atoms with E-state index in [0.29, 0.717) is 5.30 Å². The van der Waals surface area contributed by atoms with Crippen molar-refractivity contribution in [3.05, 3.63) is 42.0 Å². The van der Waals surface area contributed by atoms with Gasteiger partial charge in [0.1, 0.15) is 0 Å². The Morgan fingerprint density at radius 2 is 1.63 bits per heavy atom.